The fourth-order valence-electron chi connectivity index (χ4n) is 2.22. The molecule has 2 aromatic carbocycles. The summed E-state index contributed by atoms with van der Waals surface area (Å²) in [5.74, 6) is -0.520. The number of amides is 3. The maximum Gasteiger partial charge on any atom is 0.269 e. The normalized spacial score (nSPS) is 10.4. The number of benzene rings is 2. The number of hydrogen-bond donors (Lipinski definition) is 3. The average Bonchev–Trinajstić information content (AvgIpc) is 2.71. The molecule has 7 nitrogen and oxygen atoms in total. The first-order chi connectivity index (χ1) is 13.8. The Morgan fingerprint density at radius 3 is 2.10 bits per heavy atom. The van der Waals surface area contributed by atoms with Crippen molar-refractivity contribution in [2.45, 2.75) is 27.2 Å². The number of rotatable bonds is 7. The Bertz CT molecular complexity index is 882. The van der Waals surface area contributed by atoms with Crippen LogP contribution < -0.4 is 20.9 Å². The summed E-state index contributed by atoms with van der Waals surface area (Å²) in [6.45, 7) is 6.18. The van der Waals surface area contributed by atoms with E-state index in [9.17, 15) is 14.4 Å². The molecule has 0 spiro atoms. The van der Waals surface area contributed by atoms with Crippen LogP contribution in [0, 0.1) is 5.92 Å². The van der Waals surface area contributed by atoms with Gasteiger partial charge in [-0.15, -0.1) is 0 Å². The van der Waals surface area contributed by atoms with E-state index in [-0.39, 0.29) is 11.8 Å². The molecule has 0 bridgehead atoms. The van der Waals surface area contributed by atoms with Gasteiger partial charge in [-0.25, -0.2) is 0 Å². The van der Waals surface area contributed by atoms with Crippen LogP contribution in [-0.4, -0.2) is 24.3 Å². The van der Waals surface area contributed by atoms with E-state index in [2.05, 4.69) is 32.1 Å². The van der Waals surface area contributed by atoms with Gasteiger partial charge in [-0.1, -0.05) is 20.8 Å². The summed E-state index contributed by atoms with van der Waals surface area (Å²) < 4.78 is 6.21. The summed E-state index contributed by atoms with van der Waals surface area (Å²) in [6, 6.07) is 11.3. The van der Waals surface area contributed by atoms with Gasteiger partial charge in [0.1, 0.15) is 5.75 Å². The van der Waals surface area contributed by atoms with E-state index in [0.29, 0.717) is 33.6 Å². The standard InChI is InChI=1S/C21H24BrN3O4/c1-4-11-29-18-10-7-15(12-17(18)22)21(28)25-24-20(27)14-5-8-16(9-6-14)23-19(26)13(2)3/h5-10,12-13H,4,11H2,1-3H3,(H,23,26)(H,24,27)(H,25,28). The van der Waals surface area contributed by atoms with Crippen molar-refractivity contribution >= 4 is 39.3 Å². The van der Waals surface area contributed by atoms with Gasteiger partial charge in [0.05, 0.1) is 11.1 Å². The van der Waals surface area contributed by atoms with Crippen LogP contribution >= 0.6 is 15.9 Å². The summed E-state index contributed by atoms with van der Waals surface area (Å²) in [4.78, 5) is 36.2. The van der Waals surface area contributed by atoms with Crippen molar-refractivity contribution in [1.29, 1.82) is 0 Å². The van der Waals surface area contributed by atoms with E-state index in [0.717, 1.165) is 6.42 Å². The Balaban J connectivity index is 1.92. The molecular weight excluding hydrogens is 438 g/mol. The molecule has 0 atom stereocenters. The lowest BCUT2D eigenvalue weighted by atomic mass is 10.1. The van der Waals surface area contributed by atoms with Crippen molar-refractivity contribution in [2.75, 3.05) is 11.9 Å². The second kappa shape index (κ2) is 10.6. The van der Waals surface area contributed by atoms with Crippen LogP contribution in [0.15, 0.2) is 46.9 Å². The highest BCUT2D eigenvalue weighted by atomic mass is 79.9. The van der Waals surface area contributed by atoms with Crippen molar-refractivity contribution in [1.82, 2.24) is 10.9 Å². The topological polar surface area (TPSA) is 96.5 Å². The zero-order chi connectivity index (χ0) is 21.4. The molecule has 3 N–H and O–H groups in total. The molecule has 0 saturated carbocycles. The highest BCUT2D eigenvalue weighted by Crippen LogP contribution is 2.26. The summed E-state index contributed by atoms with van der Waals surface area (Å²) in [5, 5.41) is 2.75. The highest BCUT2D eigenvalue weighted by molar-refractivity contribution is 9.10. The van der Waals surface area contributed by atoms with E-state index in [1.54, 1.807) is 56.3 Å². The van der Waals surface area contributed by atoms with Gasteiger partial charge in [-0.05, 0) is 64.8 Å². The predicted molar refractivity (Wildman–Crippen MR) is 115 cm³/mol. The van der Waals surface area contributed by atoms with Gasteiger partial charge in [0.15, 0.2) is 0 Å². The van der Waals surface area contributed by atoms with Gasteiger partial charge in [0.25, 0.3) is 11.8 Å². The van der Waals surface area contributed by atoms with E-state index < -0.39 is 11.8 Å². The number of carbonyl (C=O) groups is 3. The molecule has 0 radical (unpaired) electrons. The SMILES string of the molecule is CCCOc1ccc(C(=O)NNC(=O)c2ccc(NC(=O)C(C)C)cc2)cc1Br. The Kier molecular flexibility index (Phi) is 8.21. The summed E-state index contributed by atoms with van der Waals surface area (Å²) in [5.41, 5.74) is 6.06. The highest BCUT2D eigenvalue weighted by Gasteiger charge is 2.12. The Labute approximate surface area is 178 Å². The fraction of sp³-hybridized carbons (Fsp3) is 0.286. The van der Waals surface area contributed by atoms with Crippen LogP contribution in [0.4, 0.5) is 5.69 Å². The first-order valence-electron chi connectivity index (χ1n) is 9.25. The Hall–Kier alpha value is -2.87. The molecule has 8 heteroatoms. The van der Waals surface area contributed by atoms with Crippen LogP contribution in [0.25, 0.3) is 0 Å². The number of hydrogen-bond acceptors (Lipinski definition) is 4. The molecule has 29 heavy (non-hydrogen) atoms. The molecule has 0 unspecified atom stereocenters. The fourth-order valence-corrected chi connectivity index (χ4v) is 2.71. The third-order valence-corrected chi connectivity index (χ3v) is 4.50. The smallest absolute Gasteiger partial charge is 0.269 e. The lowest BCUT2D eigenvalue weighted by Gasteiger charge is -2.11. The average molecular weight is 462 g/mol. The van der Waals surface area contributed by atoms with Crippen molar-refractivity contribution in [2.24, 2.45) is 5.92 Å². The van der Waals surface area contributed by atoms with Gasteiger partial charge >= 0.3 is 0 Å². The van der Waals surface area contributed by atoms with E-state index in [1.165, 1.54) is 0 Å². The monoisotopic (exact) mass is 461 g/mol. The molecule has 0 heterocycles. The third-order valence-electron chi connectivity index (χ3n) is 3.88. The molecule has 0 aromatic heterocycles. The third kappa shape index (κ3) is 6.60. The Morgan fingerprint density at radius 2 is 1.55 bits per heavy atom. The number of anilines is 1. The molecule has 0 fully saturated rings. The molecule has 154 valence electrons. The van der Waals surface area contributed by atoms with Crippen LogP contribution in [-0.2, 0) is 4.79 Å². The van der Waals surface area contributed by atoms with Crippen LogP contribution in [0.2, 0.25) is 0 Å². The predicted octanol–water partition coefficient (Wildman–Crippen LogP) is 3.91. The number of ether oxygens (including phenoxy) is 1. The van der Waals surface area contributed by atoms with Crippen molar-refractivity contribution in [3.8, 4) is 5.75 Å². The van der Waals surface area contributed by atoms with Crippen molar-refractivity contribution in [3.05, 3.63) is 58.1 Å². The summed E-state index contributed by atoms with van der Waals surface area (Å²) in [6.07, 6.45) is 0.881. The van der Waals surface area contributed by atoms with Crippen molar-refractivity contribution < 1.29 is 19.1 Å². The quantitative estimate of drug-likeness (QED) is 0.544. The zero-order valence-electron chi connectivity index (χ0n) is 16.5. The molecule has 0 aliphatic heterocycles. The van der Waals surface area contributed by atoms with Crippen molar-refractivity contribution in [3.63, 3.8) is 0 Å². The minimum atomic E-state index is -0.470. The summed E-state index contributed by atoms with van der Waals surface area (Å²) >= 11 is 3.37. The van der Waals surface area contributed by atoms with Gasteiger partial charge in [0, 0.05) is 22.7 Å². The molecular formula is C21H24BrN3O4. The molecule has 0 aliphatic carbocycles. The van der Waals surface area contributed by atoms with Crippen LogP contribution in [0.1, 0.15) is 47.9 Å². The molecule has 3 amide bonds. The second-order valence-electron chi connectivity index (χ2n) is 6.62. The molecule has 0 saturated heterocycles. The Morgan fingerprint density at radius 1 is 0.966 bits per heavy atom. The lowest BCUT2D eigenvalue weighted by Crippen LogP contribution is -2.41. The maximum atomic E-state index is 12.3. The maximum absolute atomic E-state index is 12.3. The van der Waals surface area contributed by atoms with E-state index in [4.69, 9.17) is 4.74 Å². The molecule has 2 rings (SSSR count). The minimum Gasteiger partial charge on any atom is -0.492 e. The minimum absolute atomic E-state index is 0.105. The molecule has 0 aliphatic rings. The second-order valence-corrected chi connectivity index (χ2v) is 7.48. The number of carbonyl (C=O) groups excluding carboxylic acids is 3. The van der Waals surface area contributed by atoms with Gasteiger partial charge in [-0.2, -0.15) is 0 Å². The van der Waals surface area contributed by atoms with E-state index in [1.807, 2.05) is 6.92 Å². The van der Waals surface area contributed by atoms with Gasteiger partial charge in [0.2, 0.25) is 5.91 Å². The van der Waals surface area contributed by atoms with Gasteiger partial charge in [-0.3, -0.25) is 25.2 Å². The largest absolute Gasteiger partial charge is 0.492 e. The first-order valence-corrected chi connectivity index (χ1v) is 10.0. The van der Waals surface area contributed by atoms with Crippen LogP contribution in [0.3, 0.4) is 0 Å². The molecule has 2 aromatic rings. The number of halogens is 1. The van der Waals surface area contributed by atoms with E-state index >= 15 is 0 Å². The lowest BCUT2D eigenvalue weighted by molar-refractivity contribution is -0.118. The number of nitrogens with one attached hydrogen (secondary N) is 3. The zero-order valence-corrected chi connectivity index (χ0v) is 18.1. The first kappa shape index (κ1) is 22.4. The number of hydrazine groups is 1. The van der Waals surface area contributed by atoms with Gasteiger partial charge < -0.3 is 10.1 Å². The summed E-state index contributed by atoms with van der Waals surface area (Å²) in [7, 11) is 0. The van der Waals surface area contributed by atoms with Crippen LogP contribution in [0.5, 0.6) is 5.75 Å².